The quantitative estimate of drug-likeness (QED) is 0.947. The molecule has 0 radical (unpaired) electrons. The number of aromatic nitrogens is 1. The van der Waals surface area contributed by atoms with Gasteiger partial charge in [0, 0.05) is 24.5 Å². The van der Waals surface area contributed by atoms with Crippen LogP contribution >= 0.6 is 0 Å². The van der Waals surface area contributed by atoms with Crippen molar-refractivity contribution in [3.8, 4) is 0 Å². The number of aryl methyl sites for hydroxylation is 1. The zero-order valence-corrected chi connectivity index (χ0v) is 13.6. The van der Waals surface area contributed by atoms with Crippen LogP contribution in [0, 0.1) is 18.7 Å². The van der Waals surface area contributed by atoms with Gasteiger partial charge in [0.1, 0.15) is 5.82 Å². The average Bonchev–Trinajstić information content (AvgIpc) is 2.54. The molecule has 23 heavy (non-hydrogen) atoms. The Kier molecular flexibility index (Phi) is 4.57. The molecule has 4 nitrogen and oxygen atoms in total. The number of nitrogens with one attached hydrogen (secondary N) is 1. The monoisotopic (exact) mass is 315 g/mol. The number of carbonyl (C=O) groups is 1. The summed E-state index contributed by atoms with van der Waals surface area (Å²) in [6.45, 7) is 4.31. The number of nitrogens with zero attached hydrogens (tertiary/aromatic N) is 2. The Morgan fingerprint density at radius 1 is 1.43 bits per heavy atom. The summed E-state index contributed by atoms with van der Waals surface area (Å²) in [5.74, 6) is 0.219. The number of halogens is 1. The van der Waals surface area contributed by atoms with Crippen molar-refractivity contribution in [1.82, 2.24) is 15.2 Å². The highest BCUT2D eigenvalue weighted by Gasteiger charge is 2.25. The zero-order valence-electron chi connectivity index (χ0n) is 13.6. The van der Waals surface area contributed by atoms with E-state index in [4.69, 9.17) is 0 Å². The van der Waals surface area contributed by atoms with Crippen LogP contribution in [-0.4, -0.2) is 42.5 Å². The molecule has 1 fully saturated rings. The summed E-state index contributed by atoms with van der Waals surface area (Å²) >= 11 is 0. The second kappa shape index (κ2) is 6.62. The largest absolute Gasteiger partial charge is 0.338 e. The lowest BCUT2D eigenvalue weighted by atomic mass is 9.97. The van der Waals surface area contributed by atoms with Crippen LogP contribution in [-0.2, 0) is 0 Å². The van der Waals surface area contributed by atoms with Crippen LogP contribution in [0.25, 0.3) is 10.9 Å². The molecular formula is C18H22FN3O. The van der Waals surface area contributed by atoms with E-state index in [-0.39, 0.29) is 11.7 Å². The molecule has 2 heterocycles. The second-order valence-corrected chi connectivity index (χ2v) is 6.28. The van der Waals surface area contributed by atoms with E-state index in [0.29, 0.717) is 22.7 Å². The molecule has 0 bridgehead atoms. The lowest BCUT2D eigenvalue weighted by Crippen LogP contribution is -2.42. The Morgan fingerprint density at radius 3 is 3.04 bits per heavy atom. The highest BCUT2D eigenvalue weighted by molar-refractivity contribution is 5.98. The number of pyridine rings is 1. The zero-order chi connectivity index (χ0) is 16.4. The van der Waals surface area contributed by atoms with Gasteiger partial charge in [-0.25, -0.2) is 4.39 Å². The van der Waals surface area contributed by atoms with Crippen LogP contribution in [0.5, 0.6) is 0 Å². The molecule has 1 aromatic heterocycles. The Bertz CT molecular complexity index is 730. The number of hydrogen-bond donors (Lipinski definition) is 1. The molecular weight excluding hydrogens is 293 g/mol. The molecule has 1 aliphatic heterocycles. The van der Waals surface area contributed by atoms with Gasteiger partial charge in [-0.15, -0.1) is 0 Å². The molecule has 0 saturated carbocycles. The summed E-state index contributed by atoms with van der Waals surface area (Å²) in [4.78, 5) is 19.2. The minimum atomic E-state index is -0.311. The molecule has 1 amide bonds. The average molecular weight is 315 g/mol. The van der Waals surface area contributed by atoms with Gasteiger partial charge in [0.2, 0.25) is 0 Å². The van der Waals surface area contributed by atoms with Crippen molar-refractivity contribution in [1.29, 1.82) is 0 Å². The van der Waals surface area contributed by atoms with Crippen molar-refractivity contribution in [2.75, 3.05) is 26.7 Å². The molecule has 1 atom stereocenters. The summed E-state index contributed by atoms with van der Waals surface area (Å²) in [7, 11) is 1.94. The molecule has 5 heteroatoms. The molecule has 1 aliphatic rings. The van der Waals surface area contributed by atoms with E-state index in [0.717, 1.165) is 37.9 Å². The lowest BCUT2D eigenvalue weighted by Gasteiger charge is -2.33. The fourth-order valence-electron chi connectivity index (χ4n) is 3.33. The molecule has 1 saturated heterocycles. The highest BCUT2D eigenvalue weighted by Crippen LogP contribution is 2.22. The van der Waals surface area contributed by atoms with Crippen molar-refractivity contribution in [2.45, 2.75) is 19.8 Å². The van der Waals surface area contributed by atoms with E-state index in [1.807, 2.05) is 24.9 Å². The third-order valence-corrected chi connectivity index (χ3v) is 4.50. The number of benzene rings is 1. The number of fused-ring (bicyclic) bond motifs is 1. The maximum atomic E-state index is 13.3. The first-order valence-corrected chi connectivity index (χ1v) is 8.09. The SMILES string of the molecule is CNC[C@H]1CCCN(C(=O)c2cc3ccc(F)cc3nc2C)C1. The summed E-state index contributed by atoms with van der Waals surface area (Å²) in [5, 5.41) is 3.99. The predicted molar refractivity (Wildman–Crippen MR) is 89.0 cm³/mol. The van der Waals surface area contributed by atoms with Crippen LogP contribution in [0.3, 0.4) is 0 Å². The van der Waals surface area contributed by atoms with E-state index >= 15 is 0 Å². The summed E-state index contributed by atoms with van der Waals surface area (Å²) in [6, 6.07) is 6.31. The Labute approximate surface area is 135 Å². The number of piperidine rings is 1. The predicted octanol–water partition coefficient (Wildman–Crippen LogP) is 2.75. The van der Waals surface area contributed by atoms with Crippen molar-refractivity contribution >= 4 is 16.8 Å². The Morgan fingerprint density at radius 2 is 2.26 bits per heavy atom. The molecule has 1 N–H and O–H groups in total. The Hall–Kier alpha value is -2.01. The normalized spacial score (nSPS) is 18.4. The van der Waals surface area contributed by atoms with Gasteiger partial charge in [0.05, 0.1) is 16.8 Å². The first-order valence-electron chi connectivity index (χ1n) is 8.09. The molecule has 122 valence electrons. The second-order valence-electron chi connectivity index (χ2n) is 6.28. The minimum Gasteiger partial charge on any atom is -0.338 e. The maximum absolute atomic E-state index is 13.3. The topological polar surface area (TPSA) is 45.2 Å². The molecule has 3 rings (SSSR count). The van der Waals surface area contributed by atoms with E-state index in [9.17, 15) is 9.18 Å². The van der Waals surface area contributed by atoms with Crippen LogP contribution in [0.2, 0.25) is 0 Å². The van der Waals surface area contributed by atoms with Crippen molar-refractivity contribution in [3.63, 3.8) is 0 Å². The third kappa shape index (κ3) is 3.34. The van der Waals surface area contributed by atoms with Gasteiger partial charge < -0.3 is 10.2 Å². The lowest BCUT2D eigenvalue weighted by molar-refractivity contribution is 0.0673. The standard InChI is InChI=1S/C18H22FN3O/c1-12-16(8-14-5-6-15(19)9-17(14)21-12)18(23)22-7-3-4-13(11-22)10-20-2/h5-6,8-9,13,20H,3-4,7,10-11H2,1-2H3/t13-/m1/s1. The Balaban J connectivity index is 1.88. The number of rotatable bonds is 3. The highest BCUT2D eigenvalue weighted by atomic mass is 19.1. The van der Waals surface area contributed by atoms with Crippen molar-refractivity contribution in [3.05, 3.63) is 41.3 Å². The summed E-state index contributed by atoms with van der Waals surface area (Å²) < 4.78 is 13.3. The molecule has 0 unspecified atom stereocenters. The van der Waals surface area contributed by atoms with Gasteiger partial charge in [-0.3, -0.25) is 9.78 Å². The van der Waals surface area contributed by atoms with E-state index < -0.39 is 0 Å². The van der Waals surface area contributed by atoms with Gasteiger partial charge in [0.15, 0.2) is 0 Å². The number of likely N-dealkylation sites (tertiary alicyclic amines) is 1. The first-order chi connectivity index (χ1) is 11.1. The van der Waals surface area contributed by atoms with Gasteiger partial charge in [-0.1, -0.05) is 0 Å². The van der Waals surface area contributed by atoms with E-state index in [2.05, 4.69) is 10.3 Å². The van der Waals surface area contributed by atoms with Crippen LogP contribution in [0.15, 0.2) is 24.3 Å². The first kappa shape index (κ1) is 15.9. The number of hydrogen-bond acceptors (Lipinski definition) is 3. The minimum absolute atomic E-state index is 0.0297. The van der Waals surface area contributed by atoms with Gasteiger partial charge in [-0.2, -0.15) is 0 Å². The van der Waals surface area contributed by atoms with Gasteiger partial charge in [-0.05, 0) is 57.5 Å². The third-order valence-electron chi connectivity index (χ3n) is 4.50. The van der Waals surface area contributed by atoms with Gasteiger partial charge in [0.25, 0.3) is 5.91 Å². The summed E-state index contributed by atoms with van der Waals surface area (Å²) in [6.07, 6.45) is 2.18. The molecule has 1 aromatic carbocycles. The fraction of sp³-hybridized carbons (Fsp3) is 0.444. The van der Waals surface area contributed by atoms with E-state index in [1.54, 1.807) is 6.07 Å². The summed E-state index contributed by atoms with van der Waals surface area (Å²) in [5.41, 5.74) is 1.86. The van der Waals surface area contributed by atoms with Crippen LogP contribution < -0.4 is 5.32 Å². The maximum Gasteiger partial charge on any atom is 0.255 e. The van der Waals surface area contributed by atoms with Crippen molar-refractivity contribution in [2.24, 2.45) is 5.92 Å². The number of amides is 1. The van der Waals surface area contributed by atoms with Crippen LogP contribution in [0.1, 0.15) is 28.9 Å². The van der Waals surface area contributed by atoms with E-state index in [1.165, 1.54) is 12.1 Å². The molecule has 2 aromatic rings. The fourth-order valence-corrected chi connectivity index (χ4v) is 3.33. The number of carbonyl (C=O) groups excluding carboxylic acids is 1. The van der Waals surface area contributed by atoms with Gasteiger partial charge >= 0.3 is 0 Å². The molecule has 0 spiro atoms. The van der Waals surface area contributed by atoms with Crippen LogP contribution in [0.4, 0.5) is 4.39 Å². The van der Waals surface area contributed by atoms with Crippen molar-refractivity contribution < 1.29 is 9.18 Å². The molecule has 0 aliphatic carbocycles. The smallest absolute Gasteiger partial charge is 0.255 e.